The molecule has 39 heavy (non-hydrogen) atoms. The Bertz CT molecular complexity index is 1670. The predicted molar refractivity (Wildman–Crippen MR) is 158 cm³/mol. The molecule has 11 heteroatoms. The van der Waals surface area contributed by atoms with Crippen molar-refractivity contribution in [3.63, 3.8) is 0 Å². The van der Waals surface area contributed by atoms with Gasteiger partial charge in [0.05, 0.1) is 27.5 Å². The Balaban J connectivity index is 1.56. The lowest BCUT2D eigenvalue weighted by Crippen LogP contribution is -2.39. The number of amides is 1. The van der Waals surface area contributed by atoms with Crippen LogP contribution in [0.3, 0.4) is 0 Å². The van der Waals surface area contributed by atoms with Gasteiger partial charge in [0, 0.05) is 27.0 Å². The Kier molecular flexibility index (Phi) is 8.71. The highest BCUT2D eigenvalue weighted by molar-refractivity contribution is 7.92. The van der Waals surface area contributed by atoms with E-state index in [0.717, 1.165) is 32.5 Å². The largest absolute Gasteiger partial charge is 0.316 e. The van der Waals surface area contributed by atoms with Gasteiger partial charge >= 0.3 is 0 Å². The quantitative estimate of drug-likeness (QED) is 0.180. The van der Waals surface area contributed by atoms with Crippen LogP contribution >= 0.6 is 34.8 Å². The highest BCUT2D eigenvalue weighted by atomic mass is 35.5. The SMILES string of the molecule is Cc1ccc(S(=O)(=O)N(CC(=O)N/N=C\c2cc(C)n(-c3ccc(Cl)cc3Cl)c2C)c2cccc(Cl)c2)cc1. The van der Waals surface area contributed by atoms with E-state index in [-0.39, 0.29) is 10.6 Å². The van der Waals surface area contributed by atoms with Crippen molar-refractivity contribution in [2.75, 3.05) is 10.8 Å². The normalized spacial score (nSPS) is 11.6. The van der Waals surface area contributed by atoms with Crippen molar-refractivity contribution < 1.29 is 13.2 Å². The van der Waals surface area contributed by atoms with Crippen LogP contribution in [0.2, 0.25) is 15.1 Å². The number of hydrazone groups is 1. The topological polar surface area (TPSA) is 83.8 Å². The van der Waals surface area contributed by atoms with Crippen molar-refractivity contribution in [2.24, 2.45) is 5.10 Å². The first-order valence-electron chi connectivity index (χ1n) is 11.8. The molecule has 4 rings (SSSR count). The van der Waals surface area contributed by atoms with Crippen LogP contribution in [0.4, 0.5) is 5.69 Å². The first-order valence-corrected chi connectivity index (χ1v) is 14.4. The molecule has 0 spiro atoms. The summed E-state index contributed by atoms with van der Waals surface area (Å²) >= 11 is 18.6. The molecule has 0 saturated carbocycles. The number of hydrogen-bond acceptors (Lipinski definition) is 4. The maximum atomic E-state index is 13.5. The average Bonchev–Trinajstić information content (AvgIpc) is 3.15. The van der Waals surface area contributed by atoms with Gasteiger partial charge < -0.3 is 4.57 Å². The molecule has 1 N–H and O–H groups in total. The fourth-order valence-electron chi connectivity index (χ4n) is 4.08. The third-order valence-corrected chi connectivity index (χ3v) is 8.57. The highest BCUT2D eigenvalue weighted by Gasteiger charge is 2.27. The van der Waals surface area contributed by atoms with E-state index >= 15 is 0 Å². The van der Waals surface area contributed by atoms with Crippen LogP contribution < -0.4 is 9.73 Å². The van der Waals surface area contributed by atoms with E-state index in [9.17, 15) is 13.2 Å². The summed E-state index contributed by atoms with van der Waals surface area (Å²) in [5.74, 6) is -0.628. The lowest BCUT2D eigenvalue weighted by molar-refractivity contribution is -0.119. The van der Waals surface area contributed by atoms with Crippen LogP contribution in [-0.4, -0.2) is 31.7 Å². The van der Waals surface area contributed by atoms with Crippen molar-refractivity contribution in [1.29, 1.82) is 0 Å². The zero-order valence-corrected chi connectivity index (χ0v) is 24.4. The van der Waals surface area contributed by atoms with E-state index in [1.807, 2.05) is 37.5 Å². The number of carbonyl (C=O) groups is 1. The van der Waals surface area contributed by atoms with E-state index in [4.69, 9.17) is 34.8 Å². The molecule has 0 aliphatic rings. The third-order valence-electron chi connectivity index (χ3n) is 6.01. The summed E-state index contributed by atoms with van der Waals surface area (Å²) in [5.41, 5.74) is 6.86. The molecule has 1 amide bonds. The molecule has 7 nitrogen and oxygen atoms in total. The lowest BCUT2D eigenvalue weighted by Gasteiger charge is -2.24. The number of nitrogens with zero attached hydrogens (tertiary/aromatic N) is 3. The van der Waals surface area contributed by atoms with E-state index in [0.29, 0.717) is 15.1 Å². The Morgan fingerprint density at radius 1 is 0.949 bits per heavy atom. The van der Waals surface area contributed by atoms with E-state index in [1.165, 1.54) is 24.4 Å². The zero-order valence-electron chi connectivity index (χ0n) is 21.3. The number of halogens is 3. The lowest BCUT2D eigenvalue weighted by atomic mass is 10.2. The number of benzene rings is 3. The number of rotatable bonds is 8. The smallest absolute Gasteiger partial charge is 0.264 e. The standard InChI is InChI=1S/C28H25Cl3N4O3S/c1-18-7-10-25(11-8-18)39(37,38)34(24-6-4-5-22(29)14-24)17-28(36)33-32-16-21-13-19(2)35(20(21)3)27-12-9-23(30)15-26(27)31/h4-16H,17H2,1-3H3,(H,33,36)/b32-16-. The summed E-state index contributed by atoms with van der Waals surface area (Å²) < 4.78 is 30.0. The molecule has 0 aliphatic carbocycles. The maximum Gasteiger partial charge on any atom is 0.264 e. The summed E-state index contributed by atoms with van der Waals surface area (Å²) in [5, 5.41) is 5.45. The first-order chi connectivity index (χ1) is 18.5. The summed E-state index contributed by atoms with van der Waals surface area (Å²) in [6.45, 7) is 5.17. The second-order valence-electron chi connectivity index (χ2n) is 8.86. The molecule has 202 valence electrons. The molecule has 1 aromatic heterocycles. The number of anilines is 1. The molecular formula is C28H25Cl3N4O3S. The van der Waals surface area contributed by atoms with Gasteiger partial charge in [-0.2, -0.15) is 5.10 Å². The zero-order chi connectivity index (χ0) is 28.3. The molecule has 1 heterocycles. The summed E-state index contributed by atoms with van der Waals surface area (Å²) in [6, 6.07) is 19.8. The van der Waals surface area contributed by atoms with Crippen LogP contribution in [0.5, 0.6) is 0 Å². The Labute approximate surface area is 242 Å². The Morgan fingerprint density at radius 3 is 2.31 bits per heavy atom. The Morgan fingerprint density at radius 2 is 1.64 bits per heavy atom. The number of carbonyl (C=O) groups excluding carboxylic acids is 1. The molecular weight excluding hydrogens is 579 g/mol. The number of aromatic nitrogens is 1. The van der Waals surface area contributed by atoms with E-state index in [1.54, 1.807) is 42.5 Å². The van der Waals surface area contributed by atoms with Gasteiger partial charge in [-0.3, -0.25) is 9.10 Å². The highest BCUT2D eigenvalue weighted by Crippen LogP contribution is 2.29. The first kappa shape index (κ1) is 28.7. The van der Waals surface area contributed by atoms with Crippen LogP contribution in [0.15, 0.2) is 82.8 Å². The minimum Gasteiger partial charge on any atom is -0.316 e. The summed E-state index contributed by atoms with van der Waals surface area (Å²) in [4.78, 5) is 12.9. The Hall–Kier alpha value is -3.30. The monoisotopic (exact) mass is 602 g/mol. The number of hydrogen-bond donors (Lipinski definition) is 1. The fraction of sp³-hybridized carbons (Fsp3) is 0.143. The molecule has 4 aromatic rings. The van der Waals surface area contributed by atoms with Gasteiger partial charge in [-0.15, -0.1) is 0 Å². The molecule has 0 atom stereocenters. The van der Waals surface area contributed by atoms with Gasteiger partial charge in [-0.05, 0) is 75.4 Å². The molecule has 0 saturated heterocycles. The second kappa shape index (κ2) is 11.8. The van der Waals surface area contributed by atoms with Gasteiger partial charge in [0.2, 0.25) is 0 Å². The fourth-order valence-corrected chi connectivity index (χ4v) is 6.17. The van der Waals surface area contributed by atoms with Gasteiger partial charge in [-0.1, -0.05) is 58.6 Å². The van der Waals surface area contributed by atoms with Crippen molar-refractivity contribution in [3.8, 4) is 5.69 Å². The summed E-state index contributed by atoms with van der Waals surface area (Å²) in [7, 11) is -4.07. The molecule has 3 aromatic carbocycles. The molecule has 0 unspecified atom stereocenters. The van der Waals surface area contributed by atoms with Crippen LogP contribution in [0, 0.1) is 20.8 Å². The van der Waals surface area contributed by atoms with Crippen molar-refractivity contribution >= 4 is 62.6 Å². The van der Waals surface area contributed by atoms with Crippen LogP contribution in [0.1, 0.15) is 22.5 Å². The second-order valence-corrected chi connectivity index (χ2v) is 12.0. The maximum absolute atomic E-state index is 13.5. The third kappa shape index (κ3) is 6.47. The molecule has 0 bridgehead atoms. The van der Waals surface area contributed by atoms with Crippen molar-refractivity contribution in [2.45, 2.75) is 25.7 Å². The minimum atomic E-state index is -4.07. The molecule has 0 radical (unpaired) electrons. The van der Waals surface area contributed by atoms with Crippen molar-refractivity contribution in [1.82, 2.24) is 9.99 Å². The van der Waals surface area contributed by atoms with Crippen LogP contribution in [0.25, 0.3) is 5.69 Å². The number of aryl methyl sites for hydroxylation is 2. The van der Waals surface area contributed by atoms with Gasteiger partial charge in [-0.25, -0.2) is 13.8 Å². The van der Waals surface area contributed by atoms with Gasteiger partial charge in [0.1, 0.15) is 6.54 Å². The minimum absolute atomic E-state index is 0.0534. The van der Waals surface area contributed by atoms with Gasteiger partial charge in [0.25, 0.3) is 15.9 Å². The van der Waals surface area contributed by atoms with Crippen molar-refractivity contribution in [3.05, 3.63) is 110 Å². The van der Waals surface area contributed by atoms with Gasteiger partial charge in [0.15, 0.2) is 0 Å². The van der Waals surface area contributed by atoms with Crippen LogP contribution in [-0.2, 0) is 14.8 Å². The molecule has 0 fully saturated rings. The summed E-state index contributed by atoms with van der Waals surface area (Å²) in [6.07, 6.45) is 1.50. The van der Waals surface area contributed by atoms with E-state index < -0.39 is 22.5 Å². The number of nitrogens with one attached hydrogen (secondary N) is 1. The average molecular weight is 604 g/mol. The van der Waals surface area contributed by atoms with E-state index in [2.05, 4.69) is 10.5 Å². The number of sulfonamides is 1. The molecule has 0 aliphatic heterocycles. The predicted octanol–water partition coefficient (Wildman–Crippen LogP) is 6.71.